The van der Waals surface area contributed by atoms with Crippen LogP contribution in [0.2, 0.25) is 5.02 Å². The van der Waals surface area contributed by atoms with Crippen molar-refractivity contribution in [3.63, 3.8) is 0 Å². The summed E-state index contributed by atoms with van der Waals surface area (Å²) in [6, 6.07) is 12.1. The van der Waals surface area contributed by atoms with Crippen LogP contribution in [0.4, 0.5) is 23.1 Å². The van der Waals surface area contributed by atoms with Gasteiger partial charge in [0.05, 0.1) is 40.7 Å². The average Bonchev–Trinajstić information content (AvgIpc) is 3.54. The molecule has 1 aliphatic carbocycles. The number of nitrogens with one attached hydrogen (secondary N) is 3. The highest BCUT2D eigenvalue weighted by Crippen LogP contribution is 2.38. The number of halogens is 1. The molecule has 5 aliphatic rings. The van der Waals surface area contributed by atoms with Crippen molar-refractivity contribution in [2.75, 3.05) is 62.0 Å². The predicted molar refractivity (Wildman–Crippen MR) is 248 cm³/mol. The summed E-state index contributed by atoms with van der Waals surface area (Å²) in [5.74, 6) is -1.21. The molecule has 2 aromatic heterocycles. The second-order valence-electron chi connectivity index (χ2n) is 18.1. The number of likely N-dealkylation sites (N-methyl/N-ethyl adjacent to an activating group) is 2. The maximum absolute atomic E-state index is 13.7. The van der Waals surface area contributed by atoms with Gasteiger partial charge in [-0.05, 0) is 102 Å². The van der Waals surface area contributed by atoms with Crippen LogP contribution in [0.1, 0.15) is 92.0 Å². The summed E-state index contributed by atoms with van der Waals surface area (Å²) in [7, 11) is 3.69. The summed E-state index contributed by atoms with van der Waals surface area (Å²) in [6.45, 7) is 6.49. The van der Waals surface area contributed by atoms with Crippen molar-refractivity contribution < 1.29 is 33.4 Å². The Morgan fingerprint density at radius 2 is 1.67 bits per heavy atom. The minimum atomic E-state index is -0.993. The molecule has 2 aromatic carbocycles. The molecule has 1 atom stereocenters. The number of anilines is 4. The summed E-state index contributed by atoms with van der Waals surface area (Å²) in [6.07, 6.45) is 7.87. The topological polar surface area (TPSA) is 201 Å². The van der Waals surface area contributed by atoms with E-state index >= 15 is 0 Å². The van der Waals surface area contributed by atoms with Crippen LogP contribution in [0, 0.1) is 0 Å². The summed E-state index contributed by atoms with van der Waals surface area (Å²) in [5.41, 5.74) is 2.46. The molecule has 1 saturated carbocycles. The maximum atomic E-state index is 13.7. The van der Waals surface area contributed by atoms with Gasteiger partial charge in [-0.15, -0.1) is 0 Å². The van der Waals surface area contributed by atoms with Crippen molar-refractivity contribution in [3.8, 4) is 5.75 Å². The summed E-state index contributed by atoms with van der Waals surface area (Å²) in [4.78, 5) is 93.6. The van der Waals surface area contributed by atoms with Crippen molar-refractivity contribution >= 4 is 75.2 Å². The van der Waals surface area contributed by atoms with E-state index in [1.54, 1.807) is 29.0 Å². The number of pyridine rings is 1. The second kappa shape index (κ2) is 18.6. The Morgan fingerprint density at radius 1 is 0.924 bits per heavy atom. The zero-order valence-corrected chi connectivity index (χ0v) is 38.3. The molecule has 66 heavy (non-hydrogen) atoms. The molecule has 3 N–H and O–H groups in total. The number of fused-ring (bicyclic) bond motifs is 2. The fourth-order valence-electron chi connectivity index (χ4n) is 9.99. The third kappa shape index (κ3) is 8.80. The summed E-state index contributed by atoms with van der Waals surface area (Å²) < 4.78 is 14.0. The fraction of sp³-hybridized carbons (Fsp3) is 0.489. The van der Waals surface area contributed by atoms with E-state index in [0.29, 0.717) is 51.4 Å². The van der Waals surface area contributed by atoms with E-state index in [2.05, 4.69) is 42.7 Å². The van der Waals surface area contributed by atoms with Gasteiger partial charge in [-0.3, -0.25) is 43.9 Å². The van der Waals surface area contributed by atoms with E-state index in [0.717, 1.165) is 80.5 Å². The third-order valence-electron chi connectivity index (χ3n) is 13.7. The number of rotatable bonds is 13. The number of amides is 5. The number of hydrogen-bond acceptors (Lipinski definition) is 14. The lowest BCUT2D eigenvalue weighted by Crippen LogP contribution is -2.61. The normalized spacial score (nSPS) is 21.7. The molecule has 4 aromatic rings. The van der Waals surface area contributed by atoms with E-state index in [9.17, 15) is 28.8 Å². The van der Waals surface area contributed by atoms with Gasteiger partial charge in [-0.1, -0.05) is 17.7 Å². The van der Waals surface area contributed by atoms with E-state index < -0.39 is 29.7 Å². The first-order valence-electron chi connectivity index (χ1n) is 22.8. The van der Waals surface area contributed by atoms with Gasteiger partial charge in [0, 0.05) is 68.8 Å². The van der Waals surface area contributed by atoms with E-state index in [4.69, 9.17) is 26.1 Å². The van der Waals surface area contributed by atoms with Crippen molar-refractivity contribution in [1.29, 1.82) is 0 Å². The fourth-order valence-corrected chi connectivity index (χ4v) is 10.1. The molecule has 9 rings (SSSR count). The van der Waals surface area contributed by atoms with Crippen LogP contribution in [-0.2, 0) is 19.1 Å². The molecule has 6 heterocycles. The number of carbonyl (C=O) groups is 5. The zero-order chi connectivity index (χ0) is 46.4. The molecular weight excluding hydrogens is 868 g/mol. The van der Waals surface area contributed by atoms with E-state index in [-0.39, 0.29) is 54.9 Å². The molecule has 348 valence electrons. The Kier molecular flexibility index (Phi) is 12.7. The first kappa shape index (κ1) is 45.1. The molecule has 18 nitrogen and oxygen atoms in total. The third-order valence-corrected chi connectivity index (χ3v) is 14.0. The molecule has 4 fully saturated rings. The van der Waals surface area contributed by atoms with Gasteiger partial charge in [0.25, 0.3) is 23.3 Å². The van der Waals surface area contributed by atoms with Gasteiger partial charge in [-0.2, -0.15) is 4.98 Å². The highest BCUT2D eigenvalue weighted by molar-refractivity contribution is 6.33. The number of aromatic nitrogens is 3. The number of imide groups is 2. The van der Waals surface area contributed by atoms with Gasteiger partial charge in [0.1, 0.15) is 11.1 Å². The Hall–Kier alpha value is -6.11. The van der Waals surface area contributed by atoms with E-state index in [1.807, 2.05) is 38.1 Å². The van der Waals surface area contributed by atoms with Crippen LogP contribution in [0.3, 0.4) is 0 Å². The van der Waals surface area contributed by atoms with Crippen LogP contribution in [0.5, 0.6) is 5.75 Å². The number of benzene rings is 2. The molecule has 19 heteroatoms. The Labute approximate surface area is 386 Å². The van der Waals surface area contributed by atoms with Gasteiger partial charge in [-0.25, -0.2) is 4.98 Å². The van der Waals surface area contributed by atoms with Crippen molar-refractivity contribution in [3.05, 3.63) is 75.2 Å². The predicted octanol–water partition coefficient (Wildman–Crippen LogP) is 4.41. The molecule has 3 saturated heterocycles. The average molecular weight is 923 g/mol. The van der Waals surface area contributed by atoms with E-state index in [1.165, 1.54) is 7.05 Å². The Morgan fingerprint density at radius 3 is 2.38 bits per heavy atom. The van der Waals surface area contributed by atoms with Crippen LogP contribution in [-0.4, -0.2) is 131 Å². The lowest BCUT2D eigenvalue weighted by Gasteiger charge is -2.49. The standard InChI is InChI=1S/C47H55ClN10O8/c1-26(2)57-35-13-8-28(20-27(35)21-38(45(57)63)65-25-40(60)49-3)51-42-34(48)22-50-47(53-42)55-18-16-32(17-19-55)66-31-11-9-29(10-12-31)54(4)30-23-56(24-30)36-7-5-6-33-41(36)46(64)58(44(33)62)37-14-15-39(59)52-43(37)61/h5-8,13,20-22,26,29-32,37H,9-12,14-19,23-25H2,1-4H3,(H,49,60)(H,50,51,53)(H,52,59,61)/t29-,31-,37?. The second-order valence-corrected chi connectivity index (χ2v) is 18.5. The van der Waals surface area contributed by atoms with Crippen molar-refractivity contribution in [2.45, 2.75) is 102 Å². The monoisotopic (exact) mass is 922 g/mol. The molecule has 4 aliphatic heterocycles. The van der Waals surface area contributed by atoms with Crippen molar-refractivity contribution in [2.24, 2.45) is 0 Å². The van der Waals surface area contributed by atoms with Crippen LogP contribution in [0.25, 0.3) is 10.9 Å². The smallest absolute Gasteiger partial charge is 0.293 e. The first-order valence-corrected chi connectivity index (χ1v) is 23.2. The zero-order valence-electron chi connectivity index (χ0n) is 37.5. The molecule has 0 radical (unpaired) electrons. The highest BCUT2D eigenvalue weighted by atomic mass is 35.5. The number of hydrogen-bond donors (Lipinski definition) is 3. The molecule has 5 amide bonds. The summed E-state index contributed by atoms with van der Waals surface area (Å²) in [5, 5.41) is 9.21. The minimum absolute atomic E-state index is 0.0814. The molecule has 0 spiro atoms. The number of piperidine rings is 2. The van der Waals surface area contributed by atoms with Gasteiger partial charge < -0.3 is 34.5 Å². The molecule has 1 unspecified atom stereocenters. The lowest BCUT2D eigenvalue weighted by atomic mass is 9.89. The highest BCUT2D eigenvalue weighted by Gasteiger charge is 2.47. The van der Waals surface area contributed by atoms with Gasteiger partial charge in [0.15, 0.2) is 18.2 Å². The van der Waals surface area contributed by atoms with Crippen molar-refractivity contribution in [1.82, 2.24) is 35.0 Å². The van der Waals surface area contributed by atoms with Crippen LogP contribution < -0.4 is 36.0 Å². The molecular formula is C47H55ClN10O8. The number of nitrogens with zero attached hydrogens (tertiary/aromatic N) is 7. The SMILES string of the molecule is CNC(=O)COc1cc2cc(Nc3nc(N4CCC(O[C@H]5CC[C@H](N(C)C6CN(c7cccc8c7C(=O)N(C7CCC(=O)NC7=O)C8=O)C6)CC5)CC4)ncc3Cl)ccc2n(C(C)C)c1=O. The number of ether oxygens (including phenoxy) is 2. The van der Waals surface area contributed by atoms with Crippen LogP contribution >= 0.6 is 11.6 Å². The minimum Gasteiger partial charge on any atom is -0.478 e. The largest absolute Gasteiger partial charge is 0.478 e. The molecule has 0 bridgehead atoms. The summed E-state index contributed by atoms with van der Waals surface area (Å²) >= 11 is 6.61. The lowest BCUT2D eigenvalue weighted by molar-refractivity contribution is -0.136. The van der Waals surface area contributed by atoms with Gasteiger partial charge >= 0.3 is 0 Å². The Bertz CT molecular complexity index is 2640. The quantitative estimate of drug-likeness (QED) is 0.159. The number of carbonyl (C=O) groups excluding carboxylic acids is 5. The van der Waals surface area contributed by atoms with Gasteiger partial charge in [0.2, 0.25) is 17.8 Å². The Balaban J connectivity index is 0.751. The van der Waals surface area contributed by atoms with Crippen LogP contribution in [0.15, 0.2) is 53.5 Å². The first-order chi connectivity index (χ1) is 31.8. The maximum Gasteiger partial charge on any atom is 0.293 e.